The summed E-state index contributed by atoms with van der Waals surface area (Å²) in [5, 5.41) is 9.64. The molecule has 8 heteroatoms. The molecule has 2 heterocycles. The first kappa shape index (κ1) is 21.8. The molecule has 0 saturated heterocycles. The van der Waals surface area contributed by atoms with Crippen molar-refractivity contribution in [3.8, 4) is 11.3 Å². The lowest BCUT2D eigenvalue weighted by Gasteiger charge is -2.20. The smallest absolute Gasteiger partial charge is 0.194 e. The van der Waals surface area contributed by atoms with Crippen molar-refractivity contribution in [1.82, 2.24) is 20.2 Å². The van der Waals surface area contributed by atoms with Crippen LogP contribution < -0.4 is 5.32 Å². The van der Waals surface area contributed by atoms with E-state index in [1.165, 1.54) is 0 Å². The van der Waals surface area contributed by atoms with E-state index in [1.54, 1.807) is 22.7 Å². The summed E-state index contributed by atoms with van der Waals surface area (Å²) in [6.07, 6.45) is 0. The maximum absolute atomic E-state index is 4.75. The SMILES string of the molecule is CCNC(=NCc1nc(-c2ccccc2)cs1)N(C)Cc1csc(C)n1.I. The lowest BCUT2D eigenvalue weighted by Crippen LogP contribution is -2.38. The van der Waals surface area contributed by atoms with Crippen LogP contribution in [-0.4, -0.2) is 34.4 Å². The van der Waals surface area contributed by atoms with Crippen LogP contribution in [0.3, 0.4) is 0 Å². The van der Waals surface area contributed by atoms with Gasteiger partial charge in [-0.05, 0) is 13.8 Å². The number of benzene rings is 1. The Balaban J connectivity index is 0.00000261. The van der Waals surface area contributed by atoms with Crippen LogP contribution in [0, 0.1) is 6.92 Å². The zero-order valence-corrected chi connectivity index (χ0v) is 19.6. The normalized spacial score (nSPS) is 11.1. The van der Waals surface area contributed by atoms with Gasteiger partial charge in [0.1, 0.15) is 5.01 Å². The first-order chi connectivity index (χ1) is 12.7. The van der Waals surface area contributed by atoms with Crippen molar-refractivity contribution < 1.29 is 0 Å². The third kappa shape index (κ3) is 6.25. The van der Waals surface area contributed by atoms with Gasteiger partial charge in [0, 0.05) is 29.9 Å². The van der Waals surface area contributed by atoms with Crippen LogP contribution in [0.1, 0.15) is 22.6 Å². The minimum atomic E-state index is 0. The highest BCUT2D eigenvalue weighted by molar-refractivity contribution is 14.0. The molecule has 5 nitrogen and oxygen atoms in total. The highest BCUT2D eigenvalue weighted by Gasteiger charge is 2.10. The summed E-state index contributed by atoms with van der Waals surface area (Å²) in [7, 11) is 2.04. The van der Waals surface area contributed by atoms with Crippen molar-refractivity contribution in [1.29, 1.82) is 0 Å². The van der Waals surface area contributed by atoms with Gasteiger partial charge in [-0.3, -0.25) is 0 Å². The fourth-order valence-electron chi connectivity index (χ4n) is 2.54. The second-order valence-corrected chi connectivity index (χ2v) is 7.88. The molecule has 2 aromatic heterocycles. The van der Waals surface area contributed by atoms with Crippen LogP contribution >= 0.6 is 46.7 Å². The van der Waals surface area contributed by atoms with Crippen LogP contribution in [0.25, 0.3) is 11.3 Å². The molecule has 3 aromatic rings. The highest BCUT2D eigenvalue weighted by Crippen LogP contribution is 2.22. The van der Waals surface area contributed by atoms with Gasteiger partial charge in [-0.25, -0.2) is 15.0 Å². The van der Waals surface area contributed by atoms with E-state index in [-0.39, 0.29) is 24.0 Å². The minimum absolute atomic E-state index is 0. The Morgan fingerprint density at radius 2 is 1.93 bits per heavy atom. The Morgan fingerprint density at radius 3 is 2.59 bits per heavy atom. The molecule has 0 aliphatic rings. The van der Waals surface area contributed by atoms with E-state index in [4.69, 9.17) is 9.98 Å². The molecule has 3 rings (SSSR count). The summed E-state index contributed by atoms with van der Waals surface area (Å²) in [6, 6.07) is 10.2. The Bertz CT molecular complexity index is 860. The van der Waals surface area contributed by atoms with Crippen LogP contribution in [0.2, 0.25) is 0 Å². The topological polar surface area (TPSA) is 53.4 Å². The summed E-state index contributed by atoms with van der Waals surface area (Å²) in [5.74, 6) is 0.870. The van der Waals surface area contributed by atoms with Crippen molar-refractivity contribution in [2.45, 2.75) is 26.9 Å². The second-order valence-electron chi connectivity index (χ2n) is 5.88. The Labute approximate surface area is 185 Å². The number of guanidine groups is 1. The number of nitrogens with zero attached hydrogens (tertiary/aromatic N) is 4. The van der Waals surface area contributed by atoms with Crippen LogP contribution in [0.15, 0.2) is 46.1 Å². The van der Waals surface area contributed by atoms with Gasteiger partial charge in [-0.2, -0.15) is 0 Å². The lowest BCUT2D eigenvalue weighted by molar-refractivity contribution is 0.470. The number of aliphatic imine (C=N–C) groups is 1. The first-order valence-electron chi connectivity index (χ1n) is 8.56. The molecule has 0 radical (unpaired) electrons. The third-order valence-electron chi connectivity index (χ3n) is 3.75. The molecule has 1 N–H and O–H groups in total. The van der Waals surface area contributed by atoms with E-state index in [0.717, 1.165) is 46.0 Å². The third-order valence-corrected chi connectivity index (χ3v) is 5.40. The fraction of sp³-hybridized carbons (Fsp3) is 0.316. The number of rotatable bonds is 6. The first-order valence-corrected chi connectivity index (χ1v) is 10.3. The predicted molar refractivity (Wildman–Crippen MR) is 126 cm³/mol. The molecule has 27 heavy (non-hydrogen) atoms. The molecular formula is C19H24IN5S2. The molecule has 0 spiro atoms. The quantitative estimate of drug-likeness (QED) is 0.293. The molecular weight excluding hydrogens is 489 g/mol. The number of halogens is 1. The number of nitrogens with one attached hydrogen (secondary N) is 1. The molecule has 144 valence electrons. The molecule has 0 bridgehead atoms. The van der Waals surface area contributed by atoms with E-state index in [1.807, 2.05) is 32.2 Å². The van der Waals surface area contributed by atoms with Crippen molar-refractivity contribution in [2.24, 2.45) is 4.99 Å². The van der Waals surface area contributed by atoms with Crippen molar-refractivity contribution in [3.63, 3.8) is 0 Å². The number of thiazole rings is 2. The van der Waals surface area contributed by atoms with Crippen LogP contribution in [0.5, 0.6) is 0 Å². The van der Waals surface area contributed by atoms with E-state index >= 15 is 0 Å². The molecule has 0 unspecified atom stereocenters. The van der Waals surface area contributed by atoms with Gasteiger partial charge in [0.15, 0.2) is 5.96 Å². The van der Waals surface area contributed by atoms with Gasteiger partial charge >= 0.3 is 0 Å². The number of hydrogen-bond donors (Lipinski definition) is 1. The summed E-state index contributed by atoms with van der Waals surface area (Å²) >= 11 is 3.32. The van der Waals surface area contributed by atoms with E-state index < -0.39 is 0 Å². The zero-order chi connectivity index (χ0) is 18.4. The average Bonchev–Trinajstić information content (AvgIpc) is 3.28. The lowest BCUT2D eigenvalue weighted by atomic mass is 10.2. The molecule has 0 saturated carbocycles. The fourth-order valence-corrected chi connectivity index (χ4v) is 3.87. The molecule has 0 aliphatic carbocycles. The Hall–Kier alpha value is -1.52. The van der Waals surface area contributed by atoms with Crippen molar-refractivity contribution in [2.75, 3.05) is 13.6 Å². The standard InChI is InChI=1S/C19H23N5S2.HI/c1-4-20-19(24(3)11-16-12-25-14(2)22-16)21-10-18-23-17(13-26-18)15-8-6-5-7-9-15;/h5-9,12-13H,4,10-11H2,1-3H3,(H,20,21);1H. The second kappa shape index (κ2) is 10.7. The predicted octanol–water partition coefficient (Wildman–Crippen LogP) is 4.79. The van der Waals surface area contributed by atoms with Crippen LogP contribution in [0.4, 0.5) is 0 Å². The summed E-state index contributed by atoms with van der Waals surface area (Å²) in [5.41, 5.74) is 3.22. The molecule has 0 aliphatic heterocycles. The van der Waals surface area contributed by atoms with Crippen LogP contribution in [-0.2, 0) is 13.1 Å². The number of aryl methyl sites for hydroxylation is 1. The highest BCUT2D eigenvalue weighted by atomic mass is 127. The zero-order valence-electron chi connectivity index (χ0n) is 15.7. The molecule has 1 aromatic carbocycles. The molecule has 0 fully saturated rings. The Kier molecular flexibility index (Phi) is 8.65. The monoisotopic (exact) mass is 513 g/mol. The largest absolute Gasteiger partial charge is 0.357 e. The van der Waals surface area contributed by atoms with Gasteiger partial charge in [-0.1, -0.05) is 30.3 Å². The van der Waals surface area contributed by atoms with E-state index in [9.17, 15) is 0 Å². The minimum Gasteiger partial charge on any atom is -0.357 e. The van der Waals surface area contributed by atoms with E-state index in [0.29, 0.717) is 6.54 Å². The Morgan fingerprint density at radius 1 is 1.15 bits per heavy atom. The van der Waals surface area contributed by atoms with Gasteiger partial charge in [0.2, 0.25) is 0 Å². The number of aromatic nitrogens is 2. The summed E-state index contributed by atoms with van der Waals surface area (Å²) in [4.78, 5) is 16.1. The summed E-state index contributed by atoms with van der Waals surface area (Å²) in [6.45, 7) is 6.24. The summed E-state index contributed by atoms with van der Waals surface area (Å²) < 4.78 is 0. The number of hydrogen-bond acceptors (Lipinski definition) is 5. The maximum Gasteiger partial charge on any atom is 0.194 e. The van der Waals surface area contributed by atoms with Gasteiger partial charge in [0.05, 0.1) is 29.5 Å². The average molecular weight is 513 g/mol. The molecule has 0 atom stereocenters. The van der Waals surface area contributed by atoms with E-state index in [2.05, 4.69) is 45.0 Å². The van der Waals surface area contributed by atoms with Crippen molar-refractivity contribution >= 4 is 52.6 Å². The van der Waals surface area contributed by atoms with Gasteiger partial charge < -0.3 is 10.2 Å². The molecule has 0 amide bonds. The van der Waals surface area contributed by atoms with Gasteiger partial charge in [-0.15, -0.1) is 46.7 Å². The maximum atomic E-state index is 4.75. The van der Waals surface area contributed by atoms with Crippen molar-refractivity contribution in [3.05, 3.63) is 56.8 Å². The van der Waals surface area contributed by atoms with Gasteiger partial charge in [0.25, 0.3) is 0 Å².